The van der Waals surface area contributed by atoms with Crippen molar-refractivity contribution in [3.05, 3.63) is 54.5 Å². The van der Waals surface area contributed by atoms with E-state index in [-0.39, 0.29) is 5.41 Å². The lowest BCUT2D eigenvalue weighted by atomic mass is 9.97. The van der Waals surface area contributed by atoms with Crippen LogP contribution in [0.2, 0.25) is 0 Å². The van der Waals surface area contributed by atoms with Crippen LogP contribution in [0.15, 0.2) is 48.9 Å². The minimum absolute atomic E-state index is 0.254. The number of ether oxygens (including phenoxy) is 2. The molecule has 0 amide bonds. The van der Waals surface area contributed by atoms with E-state index in [1.807, 2.05) is 12.1 Å². The van der Waals surface area contributed by atoms with Gasteiger partial charge < -0.3 is 14.0 Å². The highest BCUT2D eigenvalue weighted by molar-refractivity contribution is 5.86. The summed E-state index contributed by atoms with van der Waals surface area (Å²) in [5.74, 6) is 1.85. The number of rotatable bonds is 10. The van der Waals surface area contributed by atoms with Crippen LogP contribution < -0.4 is 9.47 Å². The Kier molecular flexibility index (Phi) is 7.18. The van der Waals surface area contributed by atoms with Gasteiger partial charge >= 0.3 is 0 Å². The van der Waals surface area contributed by atoms with Gasteiger partial charge in [0.05, 0.1) is 19.4 Å². The third-order valence-electron chi connectivity index (χ3n) is 4.87. The first-order valence-electron chi connectivity index (χ1n) is 10.7. The maximum absolute atomic E-state index is 6.18. The smallest absolute Gasteiger partial charge is 0.137 e. The summed E-state index contributed by atoms with van der Waals surface area (Å²) in [6.45, 7) is 11.5. The molecule has 0 N–H and O–H groups in total. The fraction of sp³-hybridized carbons (Fsp3) is 0.480. The fourth-order valence-corrected chi connectivity index (χ4v) is 3.61. The van der Waals surface area contributed by atoms with E-state index < -0.39 is 0 Å². The highest BCUT2D eigenvalue weighted by Gasteiger charge is 2.15. The monoisotopic (exact) mass is 394 g/mol. The maximum Gasteiger partial charge on any atom is 0.137 e. The number of nitrogens with zero attached hydrogens (tertiary/aromatic N) is 2. The molecule has 0 aliphatic heterocycles. The third kappa shape index (κ3) is 5.99. The minimum Gasteiger partial charge on any atom is -0.493 e. The van der Waals surface area contributed by atoms with Crippen molar-refractivity contribution in [2.45, 2.75) is 59.9 Å². The van der Waals surface area contributed by atoms with E-state index in [0.29, 0.717) is 13.2 Å². The van der Waals surface area contributed by atoms with Gasteiger partial charge in [0.15, 0.2) is 0 Å². The first-order chi connectivity index (χ1) is 14.0. The van der Waals surface area contributed by atoms with Crippen LogP contribution in [0, 0.1) is 5.41 Å². The number of unbranched alkanes of at least 4 members (excludes halogenated alkanes) is 1. The molecule has 156 valence electrons. The lowest BCUT2D eigenvalue weighted by molar-refractivity contribution is 0.265. The number of hydrogen-bond donors (Lipinski definition) is 0. The SMILES string of the molecule is CCCc1c(OCCCCOc2cccnc2)ccc2c1ccn2CC(C)(C)C. The molecule has 0 aliphatic rings. The van der Waals surface area contributed by atoms with Crippen molar-refractivity contribution in [3.63, 3.8) is 0 Å². The molecular formula is C25H34N2O2. The Hall–Kier alpha value is -2.49. The van der Waals surface area contributed by atoms with Gasteiger partial charge in [-0.15, -0.1) is 0 Å². The average Bonchev–Trinajstić information content (AvgIpc) is 3.08. The van der Waals surface area contributed by atoms with E-state index >= 15 is 0 Å². The molecule has 4 nitrogen and oxygen atoms in total. The van der Waals surface area contributed by atoms with E-state index in [1.54, 1.807) is 12.4 Å². The molecular weight excluding hydrogens is 360 g/mol. The lowest BCUT2D eigenvalue weighted by Gasteiger charge is -2.20. The summed E-state index contributed by atoms with van der Waals surface area (Å²) < 4.78 is 14.3. The topological polar surface area (TPSA) is 36.3 Å². The standard InChI is InChI=1S/C25H34N2O2/c1-5-9-22-21-13-15-27(19-25(2,3)4)23(21)11-12-24(22)29-17-7-6-16-28-20-10-8-14-26-18-20/h8,10-15,18H,5-7,9,16-17,19H2,1-4H3. The Morgan fingerprint density at radius 1 is 1.00 bits per heavy atom. The van der Waals surface area contributed by atoms with Crippen molar-refractivity contribution in [3.8, 4) is 11.5 Å². The molecule has 0 unspecified atom stereocenters. The molecule has 1 aromatic carbocycles. The molecule has 0 saturated carbocycles. The van der Waals surface area contributed by atoms with E-state index in [4.69, 9.17) is 9.47 Å². The lowest BCUT2D eigenvalue weighted by Crippen LogP contribution is -2.14. The second kappa shape index (κ2) is 9.82. The molecule has 3 aromatic rings. The van der Waals surface area contributed by atoms with Crippen molar-refractivity contribution in [1.29, 1.82) is 0 Å². The Bertz CT molecular complexity index is 894. The zero-order valence-corrected chi connectivity index (χ0v) is 18.3. The van der Waals surface area contributed by atoms with Gasteiger partial charge in [0.1, 0.15) is 11.5 Å². The molecule has 0 bridgehead atoms. The van der Waals surface area contributed by atoms with Crippen LogP contribution >= 0.6 is 0 Å². The molecule has 0 spiro atoms. The highest BCUT2D eigenvalue weighted by Crippen LogP contribution is 2.32. The third-order valence-corrected chi connectivity index (χ3v) is 4.87. The molecule has 29 heavy (non-hydrogen) atoms. The molecule has 4 heteroatoms. The second-order valence-corrected chi connectivity index (χ2v) is 8.82. The second-order valence-electron chi connectivity index (χ2n) is 8.82. The van der Waals surface area contributed by atoms with Crippen molar-refractivity contribution < 1.29 is 9.47 Å². The predicted molar refractivity (Wildman–Crippen MR) is 120 cm³/mol. The van der Waals surface area contributed by atoms with E-state index in [1.165, 1.54) is 16.5 Å². The Balaban J connectivity index is 1.59. The fourth-order valence-electron chi connectivity index (χ4n) is 3.61. The number of fused-ring (bicyclic) bond motifs is 1. The zero-order valence-electron chi connectivity index (χ0n) is 18.3. The van der Waals surface area contributed by atoms with Gasteiger partial charge in [0, 0.05) is 35.4 Å². The van der Waals surface area contributed by atoms with Gasteiger partial charge in [-0.1, -0.05) is 34.1 Å². The number of pyridine rings is 1. The number of aryl methyl sites for hydroxylation is 1. The summed E-state index contributed by atoms with van der Waals surface area (Å²) >= 11 is 0. The van der Waals surface area contributed by atoms with Gasteiger partial charge in [-0.25, -0.2) is 0 Å². The number of hydrogen-bond acceptors (Lipinski definition) is 3. The van der Waals surface area contributed by atoms with Crippen LogP contribution in [0.5, 0.6) is 11.5 Å². The average molecular weight is 395 g/mol. The van der Waals surface area contributed by atoms with Crippen LogP contribution in [0.25, 0.3) is 10.9 Å². The molecule has 0 saturated heterocycles. The van der Waals surface area contributed by atoms with Crippen molar-refractivity contribution in [2.75, 3.05) is 13.2 Å². The van der Waals surface area contributed by atoms with E-state index in [2.05, 4.69) is 61.6 Å². The van der Waals surface area contributed by atoms with E-state index in [0.717, 1.165) is 43.7 Å². The molecule has 0 atom stereocenters. The Labute approximate surface area is 174 Å². The molecule has 3 rings (SSSR count). The van der Waals surface area contributed by atoms with Gasteiger partial charge in [-0.3, -0.25) is 4.98 Å². The first-order valence-corrected chi connectivity index (χ1v) is 10.7. The number of benzene rings is 1. The minimum atomic E-state index is 0.254. The summed E-state index contributed by atoms with van der Waals surface area (Å²) in [7, 11) is 0. The normalized spacial score (nSPS) is 11.7. The molecule has 0 fully saturated rings. The van der Waals surface area contributed by atoms with Crippen LogP contribution in [0.4, 0.5) is 0 Å². The molecule has 2 aromatic heterocycles. The quantitative estimate of drug-likeness (QED) is 0.380. The van der Waals surface area contributed by atoms with Crippen LogP contribution in [-0.4, -0.2) is 22.8 Å². The predicted octanol–water partition coefficient (Wildman–Crippen LogP) is 6.27. The largest absolute Gasteiger partial charge is 0.493 e. The van der Waals surface area contributed by atoms with E-state index in [9.17, 15) is 0 Å². The first kappa shape index (κ1) is 21.2. The molecule has 0 radical (unpaired) electrons. The van der Waals surface area contributed by atoms with Gasteiger partial charge in [-0.05, 0) is 55.0 Å². The van der Waals surface area contributed by atoms with Gasteiger partial charge in [0.2, 0.25) is 0 Å². The number of aromatic nitrogens is 2. The van der Waals surface area contributed by atoms with Crippen molar-refractivity contribution in [2.24, 2.45) is 5.41 Å². The summed E-state index contributed by atoms with van der Waals surface area (Å²) in [4.78, 5) is 4.06. The highest BCUT2D eigenvalue weighted by atomic mass is 16.5. The summed E-state index contributed by atoms with van der Waals surface area (Å²) in [6.07, 6.45) is 9.79. The maximum atomic E-state index is 6.18. The van der Waals surface area contributed by atoms with Crippen molar-refractivity contribution in [1.82, 2.24) is 9.55 Å². The Morgan fingerprint density at radius 2 is 1.79 bits per heavy atom. The van der Waals surface area contributed by atoms with Gasteiger partial charge in [-0.2, -0.15) is 0 Å². The van der Waals surface area contributed by atoms with Gasteiger partial charge in [0.25, 0.3) is 0 Å². The molecule has 0 aliphatic carbocycles. The van der Waals surface area contributed by atoms with Crippen LogP contribution in [0.3, 0.4) is 0 Å². The van der Waals surface area contributed by atoms with Crippen LogP contribution in [-0.2, 0) is 13.0 Å². The summed E-state index contributed by atoms with van der Waals surface area (Å²) in [5.41, 5.74) is 2.90. The summed E-state index contributed by atoms with van der Waals surface area (Å²) in [5, 5.41) is 1.33. The zero-order chi connectivity index (χ0) is 20.7. The summed E-state index contributed by atoms with van der Waals surface area (Å²) in [6, 6.07) is 10.4. The Morgan fingerprint density at radius 3 is 2.48 bits per heavy atom. The molecule has 2 heterocycles. The van der Waals surface area contributed by atoms with Crippen LogP contribution in [0.1, 0.15) is 52.5 Å². The van der Waals surface area contributed by atoms with Crippen molar-refractivity contribution >= 4 is 10.9 Å².